The number of hydrogen-bond donors (Lipinski definition) is 0. The van der Waals surface area contributed by atoms with Crippen LogP contribution in [0.5, 0.6) is 0 Å². The number of carbonyl (C=O) groups is 1. The highest BCUT2D eigenvalue weighted by Crippen LogP contribution is 2.31. The fraction of sp³-hybridized carbons (Fsp3) is 0.800. The summed E-state index contributed by atoms with van der Waals surface area (Å²) in [5.41, 5.74) is 0. The van der Waals surface area contributed by atoms with Crippen molar-refractivity contribution < 1.29 is 4.79 Å². The molecule has 0 N–H and O–H groups in total. The van der Waals surface area contributed by atoms with E-state index in [-0.39, 0.29) is 9.70 Å². The van der Waals surface area contributed by atoms with Gasteiger partial charge in [0, 0.05) is 0 Å². The predicted molar refractivity (Wildman–Crippen MR) is 45.9 cm³/mol. The Bertz CT molecular complexity index is 109. The summed E-state index contributed by atoms with van der Waals surface area (Å²) in [6.45, 7) is 0. The Labute approximate surface area is 68.8 Å². The third-order valence-electron chi connectivity index (χ3n) is 1.02. The molecule has 0 aliphatic carbocycles. The fourth-order valence-corrected chi connectivity index (χ4v) is 3.50. The molecule has 1 rings (SSSR count). The molecule has 0 aromatic carbocycles. The van der Waals surface area contributed by atoms with Crippen molar-refractivity contribution in [2.24, 2.45) is 0 Å². The summed E-state index contributed by atoms with van der Waals surface area (Å²) in [5, 5.41) is -0.0929. The molecule has 0 unspecified atom stereocenters. The molecule has 1 nitrogen and oxygen atoms in total. The molecule has 1 fully saturated rings. The van der Waals surface area contributed by atoms with E-state index in [1.165, 1.54) is 6.42 Å². The lowest BCUT2D eigenvalue weighted by molar-refractivity contribution is -0.109. The Balaban J connectivity index is 2.31. The summed E-state index contributed by atoms with van der Waals surface area (Å²) in [4.78, 5) is 10.6. The van der Waals surface area contributed by atoms with Gasteiger partial charge >= 0.3 is 0 Å². The van der Waals surface area contributed by atoms with E-state index in [2.05, 4.69) is 12.6 Å². The first kappa shape index (κ1) is 7.69. The van der Waals surface area contributed by atoms with Gasteiger partial charge in [-0.1, -0.05) is 0 Å². The summed E-state index contributed by atoms with van der Waals surface area (Å²) >= 11 is 7.88. The molecule has 1 saturated heterocycles. The van der Waals surface area contributed by atoms with E-state index in [1.807, 2.05) is 0 Å². The van der Waals surface area contributed by atoms with E-state index in [9.17, 15) is 4.79 Å². The van der Waals surface area contributed by atoms with Gasteiger partial charge in [-0.2, -0.15) is 0 Å². The van der Waals surface area contributed by atoms with Crippen LogP contribution in [0.4, 0.5) is 0 Å². The van der Waals surface area contributed by atoms with Crippen LogP contribution in [0.25, 0.3) is 0 Å². The summed E-state index contributed by atoms with van der Waals surface area (Å²) in [6, 6.07) is 0. The van der Waals surface area contributed by atoms with E-state index < -0.39 is 0 Å². The Hall–Kier alpha value is 0.590. The Morgan fingerprint density at radius 1 is 1.44 bits per heavy atom. The Kier molecular flexibility index (Phi) is 3.15. The van der Waals surface area contributed by atoms with Gasteiger partial charge in [0.15, 0.2) is 0 Å². The summed E-state index contributed by atoms with van der Waals surface area (Å²) < 4.78 is 0.0637. The molecule has 51 valence electrons. The smallest absolute Gasteiger partial charge is 0.241 e. The Morgan fingerprint density at radius 2 is 2.00 bits per heavy atom. The standard InChI is InChI=1S/C5H7OS3/c6-4(7)5-8-2-1-3-9-5/h5H,1-3H2. The lowest BCUT2D eigenvalue weighted by atomic mass is 10.6. The predicted octanol–water partition coefficient (Wildman–Crippen LogP) is 1.91. The lowest BCUT2D eigenvalue weighted by Crippen LogP contribution is -2.12. The second-order valence-electron chi connectivity index (χ2n) is 1.75. The number of rotatable bonds is 1. The minimum absolute atomic E-state index is 0.0637. The van der Waals surface area contributed by atoms with Crippen molar-refractivity contribution in [1.29, 1.82) is 0 Å². The first-order valence-corrected chi connectivity index (χ1v) is 5.25. The largest absolute Gasteiger partial charge is 0.280 e. The molecule has 1 aliphatic rings. The molecule has 0 amide bonds. The van der Waals surface area contributed by atoms with Crippen LogP contribution in [0.2, 0.25) is 0 Å². The van der Waals surface area contributed by atoms with Crippen LogP contribution in [-0.4, -0.2) is 21.2 Å². The van der Waals surface area contributed by atoms with E-state index in [0.717, 1.165) is 11.5 Å². The maximum atomic E-state index is 10.6. The van der Waals surface area contributed by atoms with Crippen molar-refractivity contribution in [3.8, 4) is 0 Å². The Morgan fingerprint density at radius 3 is 2.33 bits per heavy atom. The average molecular weight is 179 g/mol. The van der Waals surface area contributed by atoms with Gasteiger partial charge in [-0.15, -0.1) is 23.5 Å². The second-order valence-corrected chi connectivity index (χ2v) is 4.87. The molecule has 0 aromatic heterocycles. The molecule has 0 aromatic rings. The maximum Gasteiger partial charge on any atom is 0.241 e. The second kappa shape index (κ2) is 3.68. The van der Waals surface area contributed by atoms with Gasteiger partial charge in [-0.05, 0) is 30.6 Å². The lowest BCUT2D eigenvalue weighted by Gasteiger charge is -2.16. The van der Waals surface area contributed by atoms with Gasteiger partial charge < -0.3 is 0 Å². The zero-order chi connectivity index (χ0) is 6.69. The third kappa shape index (κ3) is 2.35. The molecule has 1 heterocycles. The molecule has 0 atom stereocenters. The maximum absolute atomic E-state index is 10.6. The van der Waals surface area contributed by atoms with Gasteiger partial charge in [0.25, 0.3) is 0 Å². The molecule has 0 bridgehead atoms. The molecule has 9 heavy (non-hydrogen) atoms. The van der Waals surface area contributed by atoms with E-state index >= 15 is 0 Å². The monoisotopic (exact) mass is 179 g/mol. The van der Waals surface area contributed by atoms with Crippen LogP contribution in [0.15, 0.2) is 0 Å². The van der Waals surface area contributed by atoms with Gasteiger partial charge in [-0.3, -0.25) is 4.79 Å². The van der Waals surface area contributed by atoms with Gasteiger partial charge in [0.2, 0.25) is 5.12 Å². The van der Waals surface area contributed by atoms with E-state index in [0.29, 0.717) is 0 Å². The van der Waals surface area contributed by atoms with Gasteiger partial charge in [0.1, 0.15) is 4.58 Å². The van der Waals surface area contributed by atoms with Crippen molar-refractivity contribution in [1.82, 2.24) is 0 Å². The topological polar surface area (TPSA) is 17.1 Å². The minimum atomic E-state index is -0.0929. The van der Waals surface area contributed by atoms with Crippen LogP contribution in [0.1, 0.15) is 6.42 Å². The average Bonchev–Trinajstić information content (AvgIpc) is 1.90. The van der Waals surface area contributed by atoms with Crippen LogP contribution >= 0.6 is 36.2 Å². The van der Waals surface area contributed by atoms with Crippen LogP contribution in [0, 0.1) is 0 Å². The highest BCUT2D eigenvalue weighted by atomic mass is 32.2. The van der Waals surface area contributed by atoms with Crippen molar-refractivity contribution in [3.05, 3.63) is 0 Å². The third-order valence-corrected chi connectivity index (χ3v) is 4.45. The summed E-state index contributed by atoms with van der Waals surface area (Å²) in [5.74, 6) is 2.19. The number of carbonyl (C=O) groups excluding carboxylic acids is 1. The highest BCUT2D eigenvalue weighted by Gasteiger charge is 2.19. The summed E-state index contributed by atoms with van der Waals surface area (Å²) in [7, 11) is 0. The van der Waals surface area contributed by atoms with Gasteiger partial charge in [-0.25, -0.2) is 0 Å². The first-order valence-electron chi connectivity index (χ1n) is 2.75. The van der Waals surface area contributed by atoms with Crippen molar-refractivity contribution in [2.75, 3.05) is 11.5 Å². The molecule has 0 saturated carbocycles. The summed E-state index contributed by atoms with van der Waals surface area (Å²) in [6.07, 6.45) is 1.22. The number of thioether (sulfide) groups is 2. The van der Waals surface area contributed by atoms with E-state index in [1.54, 1.807) is 23.5 Å². The van der Waals surface area contributed by atoms with Gasteiger partial charge in [0.05, 0.1) is 0 Å². The normalized spacial score (nSPS) is 21.8. The SMILES string of the molecule is O=C([S])C1SCCCS1. The molecule has 1 radical (unpaired) electrons. The van der Waals surface area contributed by atoms with Crippen LogP contribution < -0.4 is 0 Å². The van der Waals surface area contributed by atoms with Crippen molar-refractivity contribution in [2.45, 2.75) is 11.0 Å². The molecular formula is C5H7OS3. The first-order chi connectivity index (χ1) is 4.30. The van der Waals surface area contributed by atoms with Crippen molar-refractivity contribution in [3.63, 3.8) is 0 Å². The molecular weight excluding hydrogens is 172 g/mol. The molecule has 4 heteroatoms. The van der Waals surface area contributed by atoms with Crippen LogP contribution in [-0.2, 0) is 4.79 Å². The molecule has 1 aliphatic heterocycles. The number of hydrogen-bond acceptors (Lipinski definition) is 3. The van der Waals surface area contributed by atoms with Crippen molar-refractivity contribution >= 4 is 41.3 Å². The molecule has 0 spiro atoms. The van der Waals surface area contributed by atoms with Crippen LogP contribution in [0.3, 0.4) is 0 Å². The zero-order valence-electron chi connectivity index (χ0n) is 4.83. The quantitative estimate of drug-likeness (QED) is 0.612. The highest BCUT2D eigenvalue weighted by molar-refractivity contribution is 8.21. The fourth-order valence-electron chi connectivity index (χ4n) is 0.624. The zero-order valence-corrected chi connectivity index (χ0v) is 7.28. The van der Waals surface area contributed by atoms with E-state index in [4.69, 9.17) is 0 Å². The minimum Gasteiger partial charge on any atom is -0.280 e.